The van der Waals surface area contributed by atoms with Crippen LogP contribution in [0.2, 0.25) is 0 Å². The molecule has 66 heavy (non-hydrogen) atoms. The van der Waals surface area contributed by atoms with Crippen molar-refractivity contribution in [3.05, 3.63) is 261 Å². The summed E-state index contributed by atoms with van der Waals surface area (Å²) in [5, 5.41) is 5.11. The van der Waals surface area contributed by atoms with E-state index in [0.717, 1.165) is 17.1 Å². The van der Waals surface area contributed by atoms with Crippen LogP contribution >= 0.6 is 11.3 Å². The molecule has 0 saturated carbocycles. The molecule has 2 heteroatoms. The maximum atomic E-state index is 2.37. The lowest BCUT2D eigenvalue weighted by molar-refractivity contribution is 1.28. The molecule has 0 aliphatic rings. The van der Waals surface area contributed by atoms with Crippen LogP contribution in [-0.2, 0) is 0 Å². The minimum Gasteiger partial charge on any atom is -0.311 e. The Morgan fingerprint density at radius 2 is 0.606 bits per heavy atom. The van der Waals surface area contributed by atoms with Gasteiger partial charge in [-0.25, -0.2) is 0 Å². The summed E-state index contributed by atoms with van der Waals surface area (Å²) < 4.78 is 2.64. The third-order valence-corrected chi connectivity index (χ3v) is 14.2. The number of nitrogens with zero attached hydrogens (tertiary/aromatic N) is 1. The lowest BCUT2D eigenvalue weighted by Crippen LogP contribution is -2.09. The quantitative estimate of drug-likeness (QED) is 0.140. The number of hydrogen-bond donors (Lipinski definition) is 0. The Morgan fingerprint density at radius 1 is 0.227 bits per heavy atom. The van der Waals surface area contributed by atoms with E-state index in [1.807, 2.05) is 11.3 Å². The van der Waals surface area contributed by atoms with E-state index in [1.165, 1.54) is 97.7 Å². The molecule has 310 valence electrons. The molecule has 0 aliphatic carbocycles. The molecule has 12 rings (SSSR count). The molecule has 0 unspecified atom stereocenters. The highest BCUT2D eigenvalue weighted by Crippen LogP contribution is 2.45. The molecule has 0 fully saturated rings. The van der Waals surface area contributed by atoms with Crippen LogP contribution in [0.5, 0.6) is 0 Å². The number of fused-ring (bicyclic) bond motifs is 4. The summed E-state index contributed by atoms with van der Waals surface area (Å²) in [7, 11) is 0. The van der Waals surface area contributed by atoms with E-state index in [0.29, 0.717) is 0 Å². The third kappa shape index (κ3) is 7.24. The predicted octanol–water partition coefficient (Wildman–Crippen LogP) is 18.7. The molecule has 0 bridgehead atoms. The first-order valence-corrected chi connectivity index (χ1v) is 23.4. The normalized spacial score (nSPS) is 11.3. The molecule has 0 atom stereocenters. The van der Waals surface area contributed by atoms with Crippen LogP contribution in [0.1, 0.15) is 0 Å². The van der Waals surface area contributed by atoms with E-state index >= 15 is 0 Å². The summed E-state index contributed by atoms with van der Waals surface area (Å²) in [4.78, 5) is 2.37. The molecular formula is C64H43NS. The van der Waals surface area contributed by atoms with E-state index in [2.05, 4.69) is 266 Å². The van der Waals surface area contributed by atoms with Gasteiger partial charge in [0.25, 0.3) is 0 Å². The summed E-state index contributed by atoms with van der Waals surface area (Å²) in [6.07, 6.45) is 0. The van der Waals surface area contributed by atoms with Gasteiger partial charge in [-0.05, 0) is 120 Å². The maximum Gasteiger partial charge on any atom is 0.0462 e. The molecule has 0 N–H and O–H groups in total. The van der Waals surface area contributed by atoms with Gasteiger partial charge in [-0.15, -0.1) is 11.3 Å². The zero-order valence-corrected chi connectivity index (χ0v) is 37.0. The van der Waals surface area contributed by atoms with E-state index in [-0.39, 0.29) is 0 Å². The second-order valence-electron chi connectivity index (χ2n) is 16.8. The van der Waals surface area contributed by atoms with Gasteiger partial charge in [-0.3, -0.25) is 0 Å². The second-order valence-corrected chi connectivity index (χ2v) is 17.8. The molecule has 1 aromatic heterocycles. The molecule has 0 spiro atoms. The molecule has 0 radical (unpaired) electrons. The Labute approximate surface area is 389 Å². The Hall–Kier alpha value is -8.30. The fraction of sp³-hybridized carbons (Fsp3) is 0. The minimum absolute atomic E-state index is 1.09. The van der Waals surface area contributed by atoms with Crippen molar-refractivity contribution in [1.82, 2.24) is 0 Å². The van der Waals surface area contributed by atoms with Gasteiger partial charge in [0, 0.05) is 37.2 Å². The lowest BCUT2D eigenvalue weighted by atomic mass is 9.89. The number of thiophene rings is 1. The number of anilines is 3. The zero-order chi connectivity index (χ0) is 43.8. The average molecular weight is 858 g/mol. The van der Waals surface area contributed by atoms with Crippen molar-refractivity contribution in [2.45, 2.75) is 0 Å². The van der Waals surface area contributed by atoms with E-state index in [1.54, 1.807) is 0 Å². The van der Waals surface area contributed by atoms with Crippen LogP contribution in [0.15, 0.2) is 261 Å². The van der Waals surface area contributed by atoms with Gasteiger partial charge >= 0.3 is 0 Å². The summed E-state index contributed by atoms with van der Waals surface area (Å²) in [5.41, 5.74) is 17.9. The first-order chi connectivity index (χ1) is 32.7. The van der Waals surface area contributed by atoms with Crippen molar-refractivity contribution in [1.29, 1.82) is 0 Å². The van der Waals surface area contributed by atoms with Crippen molar-refractivity contribution in [2.24, 2.45) is 0 Å². The molecule has 11 aromatic carbocycles. The van der Waals surface area contributed by atoms with Gasteiger partial charge in [-0.1, -0.05) is 218 Å². The highest BCUT2D eigenvalue weighted by Gasteiger charge is 2.18. The van der Waals surface area contributed by atoms with Gasteiger partial charge in [0.05, 0.1) is 0 Å². The van der Waals surface area contributed by atoms with Crippen LogP contribution in [0.4, 0.5) is 17.1 Å². The molecule has 12 aromatic rings. The first kappa shape index (κ1) is 39.3. The SMILES string of the molecule is c1ccc(-c2ccc(N(c3ccc(-c4ccc(-c5cccc6ccccc56)c(-c5ccccc5)c4)cc3)c3ccc(-c4cccc5c4sc4c(-c6ccccc6)cccc45)cc3)cc2)cc1. The second kappa shape index (κ2) is 17.0. The van der Waals surface area contributed by atoms with Crippen LogP contribution < -0.4 is 4.90 Å². The van der Waals surface area contributed by atoms with Crippen molar-refractivity contribution < 1.29 is 0 Å². The van der Waals surface area contributed by atoms with E-state index in [4.69, 9.17) is 0 Å². The minimum atomic E-state index is 1.09. The van der Waals surface area contributed by atoms with Gasteiger partial charge < -0.3 is 4.90 Å². The van der Waals surface area contributed by atoms with Crippen molar-refractivity contribution >= 4 is 59.3 Å². The van der Waals surface area contributed by atoms with E-state index < -0.39 is 0 Å². The van der Waals surface area contributed by atoms with Crippen LogP contribution in [-0.4, -0.2) is 0 Å². The van der Waals surface area contributed by atoms with Crippen molar-refractivity contribution in [3.63, 3.8) is 0 Å². The highest BCUT2D eigenvalue weighted by molar-refractivity contribution is 7.26. The fourth-order valence-electron chi connectivity index (χ4n) is 9.64. The van der Waals surface area contributed by atoms with Crippen molar-refractivity contribution in [2.75, 3.05) is 4.90 Å². The smallest absolute Gasteiger partial charge is 0.0462 e. The average Bonchev–Trinajstić information content (AvgIpc) is 3.79. The van der Waals surface area contributed by atoms with Gasteiger partial charge in [-0.2, -0.15) is 0 Å². The Bertz CT molecular complexity index is 3640. The number of rotatable bonds is 9. The van der Waals surface area contributed by atoms with Gasteiger partial charge in [0.2, 0.25) is 0 Å². The van der Waals surface area contributed by atoms with Gasteiger partial charge in [0.15, 0.2) is 0 Å². The van der Waals surface area contributed by atoms with E-state index in [9.17, 15) is 0 Å². The van der Waals surface area contributed by atoms with Crippen molar-refractivity contribution in [3.8, 4) is 66.8 Å². The molecule has 1 heterocycles. The summed E-state index contributed by atoms with van der Waals surface area (Å²) in [5.74, 6) is 0. The summed E-state index contributed by atoms with van der Waals surface area (Å²) in [6.45, 7) is 0. The molecule has 0 aliphatic heterocycles. The Balaban J connectivity index is 0.928. The molecule has 0 saturated heterocycles. The first-order valence-electron chi connectivity index (χ1n) is 22.6. The standard InChI is InChI=1S/C64H43NS/c1-4-15-44(16-5-1)45-29-36-52(37-30-45)65(54-40-33-50(34-41-54)57-25-14-28-61-60-27-13-24-56(63(60)66-64(57)61)48-17-6-2-7-18-48)53-38-31-46(32-39-53)51-35-42-59(62(43-51)49-19-8-3-9-20-49)58-26-12-22-47-21-10-11-23-55(47)58/h1-43H. The monoisotopic (exact) mass is 857 g/mol. The highest BCUT2D eigenvalue weighted by atomic mass is 32.1. The zero-order valence-electron chi connectivity index (χ0n) is 36.2. The van der Waals surface area contributed by atoms with Crippen LogP contribution in [0.3, 0.4) is 0 Å². The number of benzene rings is 11. The largest absolute Gasteiger partial charge is 0.311 e. The molecular weight excluding hydrogens is 815 g/mol. The third-order valence-electron chi connectivity index (χ3n) is 12.9. The van der Waals surface area contributed by atoms with Gasteiger partial charge in [0.1, 0.15) is 0 Å². The predicted molar refractivity (Wildman–Crippen MR) is 284 cm³/mol. The Morgan fingerprint density at radius 3 is 1.18 bits per heavy atom. The number of hydrogen-bond acceptors (Lipinski definition) is 2. The topological polar surface area (TPSA) is 3.24 Å². The summed E-state index contributed by atoms with van der Waals surface area (Å²) >= 11 is 1.90. The maximum absolute atomic E-state index is 2.37. The molecule has 0 amide bonds. The van der Waals surface area contributed by atoms with Crippen LogP contribution in [0.25, 0.3) is 97.7 Å². The Kier molecular flexibility index (Phi) is 10.1. The summed E-state index contributed by atoms with van der Waals surface area (Å²) in [6, 6.07) is 94.9. The van der Waals surface area contributed by atoms with Crippen LogP contribution in [0, 0.1) is 0 Å². The molecule has 1 nitrogen and oxygen atoms in total. The lowest BCUT2D eigenvalue weighted by Gasteiger charge is -2.26. The fourth-order valence-corrected chi connectivity index (χ4v) is 11.0.